The summed E-state index contributed by atoms with van der Waals surface area (Å²) in [7, 11) is -3.50. The summed E-state index contributed by atoms with van der Waals surface area (Å²) in [4.78, 5) is 4.92. The van der Waals surface area contributed by atoms with Crippen molar-refractivity contribution in [3.8, 4) is 0 Å². The van der Waals surface area contributed by atoms with E-state index in [0.29, 0.717) is 4.21 Å². The van der Waals surface area contributed by atoms with E-state index in [1.165, 1.54) is 11.3 Å². The minimum absolute atomic E-state index is 0.340. The molecule has 0 aliphatic carbocycles. The monoisotopic (exact) mass is 296 g/mol. The summed E-state index contributed by atoms with van der Waals surface area (Å²) in [6.45, 7) is 5.55. The Bertz CT molecular complexity index is 661. The van der Waals surface area contributed by atoms with E-state index in [1.807, 2.05) is 32.9 Å². The molecular formula is C13H16N2O2S2. The van der Waals surface area contributed by atoms with E-state index in [2.05, 4.69) is 9.71 Å². The first-order valence-corrected chi connectivity index (χ1v) is 8.12. The van der Waals surface area contributed by atoms with E-state index in [4.69, 9.17) is 0 Å². The predicted octanol–water partition coefficient (Wildman–Crippen LogP) is 2.67. The highest BCUT2D eigenvalue weighted by Gasteiger charge is 2.28. The standard InChI is InChI=1S/C13H16N2O2S2/c1-10-4-5-12(18-10)19(16,17)15-13(2,3)11-6-8-14-9-7-11/h4-9,15H,1-3H3. The molecule has 0 radical (unpaired) electrons. The van der Waals surface area contributed by atoms with Crippen molar-refractivity contribution in [1.29, 1.82) is 0 Å². The van der Waals surface area contributed by atoms with Crippen molar-refractivity contribution >= 4 is 21.4 Å². The molecule has 1 N–H and O–H groups in total. The van der Waals surface area contributed by atoms with Gasteiger partial charge in [0.1, 0.15) is 4.21 Å². The molecule has 19 heavy (non-hydrogen) atoms. The van der Waals surface area contributed by atoms with Crippen LogP contribution < -0.4 is 4.72 Å². The highest BCUT2D eigenvalue weighted by molar-refractivity contribution is 7.91. The van der Waals surface area contributed by atoms with Gasteiger partial charge in [-0.25, -0.2) is 13.1 Å². The van der Waals surface area contributed by atoms with E-state index >= 15 is 0 Å². The second-order valence-corrected chi connectivity index (χ2v) is 8.03. The minimum atomic E-state index is -3.50. The number of aryl methyl sites for hydroxylation is 1. The van der Waals surface area contributed by atoms with Crippen LogP contribution >= 0.6 is 11.3 Å². The van der Waals surface area contributed by atoms with Gasteiger partial charge >= 0.3 is 0 Å². The second-order valence-electron chi connectivity index (χ2n) is 4.83. The molecular weight excluding hydrogens is 280 g/mol. The fourth-order valence-electron chi connectivity index (χ4n) is 1.77. The molecule has 0 unspecified atom stereocenters. The fraction of sp³-hybridized carbons (Fsp3) is 0.308. The average molecular weight is 296 g/mol. The third-order valence-corrected chi connectivity index (χ3v) is 5.92. The molecule has 0 fully saturated rings. The van der Waals surface area contributed by atoms with Crippen molar-refractivity contribution in [1.82, 2.24) is 9.71 Å². The SMILES string of the molecule is Cc1ccc(S(=O)(=O)NC(C)(C)c2ccncc2)s1. The van der Waals surface area contributed by atoms with Gasteiger partial charge in [0.05, 0.1) is 5.54 Å². The molecule has 0 amide bonds. The average Bonchev–Trinajstić information content (AvgIpc) is 2.77. The molecule has 0 saturated carbocycles. The van der Waals surface area contributed by atoms with E-state index in [9.17, 15) is 8.42 Å². The maximum absolute atomic E-state index is 12.3. The van der Waals surface area contributed by atoms with Crippen LogP contribution in [0.1, 0.15) is 24.3 Å². The van der Waals surface area contributed by atoms with E-state index in [-0.39, 0.29) is 0 Å². The third kappa shape index (κ3) is 3.20. The molecule has 0 spiro atoms. The van der Waals surface area contributed by atoms with Crippen LogP contribution in [0.25, 0.3) is 0 Å². The van der Waals surface area contributed by atoms with Gasteiger partial charge < -0.3 is 0 Å². The Morgan fingerprint density at radius 1 is 1.16 bits per heavy atom. The van der Waals surface area contributed by atoms with Crippen molar-refractivity contribution in [3.05, 3.63) is 47.1 Å². The van der Waals surface area contributed by atoms with Crippen LogP contribution in [0.15, 0.2) is 40.9 Å². The Labute approximate surface area is 117 Å². The van der Waals surface area contributed by atoms with Gasteiger partial charge in [0.15, 0.2) is 0 Å². The third-order valence-electron chi connectivity index (χ3n) is 2.77. The highest BCUT2D eigenvalue weighted by atomic mass is 32.2. The summed E-state index contributed by atoms with van der Waals surface area (Å²) in [5.74, 6) is 0. The van der Waals surface area contributed by atoms with Crippen LogP contribution in [0.4, 0.5) is 0 Å². The second kappa shape index (κ2) is 5.03. The predicted molar refractivity (Wildman–Crippen MR) is 76.6 cm³/mol. The molecule has 6 heteroatoms. The molecule has 0 aliphatic heterocycles. The normalized spacial score (nSPS) is 12.6. The first kappa shape index (κ1) is 14.2. The largest absolute Gasteiger partial charge is 0.265 e. The van der Waals surface area contributed by atoms with Gasteiger partial charge in [-0.2, -0.15) is 0 Å². The molecule has 2 aromatic rings. The molecule has 2 aromatic heterocycles. The molecule has 0 saturated heterocycles. The lowest BCUT2D eigenvalue weighted by Crippen LogP contribution is -2.40. The first-order valence-electron chi connectivity index (χ1n) is 5.82. The Kier molecular flexibility index (Phi) is 3.75. The Balaban J connectivity index is 2.30. The summed E-state index contributed by atoms with van der Waals surface area (Å²) < 4.78 is 27.7. The zero-order valence-electron chi connectivity index (χ0n) is 11.0. The van der Waals surface area contributed by atoms with Gasteiger partial charge in [-0.1, -0.05) is 0 Å². The maximum atomic E-state index is 12.3. The minimum Gasteiger partial charge on any atom is -0.265 e. The topological polar surface area (TPSA) is 59.1 Å². The lowest BCUT2D eigenvalue weighted by atomic mass is 9.97. The summed E-state index contributed by atoms with van der Waals surface area (Å²) in [6, 6.07) is 7.05. The van der Waals surface area contributed by atoms with Crippen LogP contribution in [0.3, 0.4) is 0 Å². The van der Waals surface area contributed by atoms with Crippen molar-refractivity contribution in [2.45, 2.75) is 30.5 Å². The van der Waals surface area contributed by atoms with E-state index in [0.717, 1.165) is 10.4 Å². The van der Waals surface area contributed by atoms with Crippen molar-refractivity contribution < 1.29 is 8.42 Å². The molecule has 0 atom stereocenters. The zero-order valence-corrected chi connectivity index (χ0v) is 12.7. The van der Waals surface area contributed by atoms with Crippen LogP contribution in [-0.4, -0.2) is 13.4 Å². The lowest BCUT2D eigenvalue weighted by molar-refractivity contribution is 0.472. The lowest BCUT2D eigenvalue weighted by Gasteiger charge is -2.26. The Morgan fingerprint density at radius 3 is 2.32 bits per heavy atom. The van der Waals surface area contributed by atoms with Gasteiger partial charge in [-0.15, -0.1) is 11.3 Å². The number of pyridine rings is 1. The highest BCUT2D eigenvalue weighted by Crippen LogP contribution is 2.26. The van der Waals surface area contributed by atoms with Gasteiger partial charge in [0, 0.05) is 17.3 Å². The number of hydrogen-bond acceptors (Lipinski definition) is 4. The molecule has 0 aromatic carbocycles. The fourth-order valence-corrected chi connectivity index (χ4v) is 4.46. The van der Waals surface area contributed by atoms with Gasteiger partial charge in [0.2, 0.25) is 0 Å². The smallest absolute Gasteiger partial charge is 0.250 e. The summed E-state index contributed by atoms with van der Waals surface area (Å²) in [5.41, 5.74) is 0.194. The van der Waals surface area contributed by atoms with Crippen LogP contribution in [0, 0.1) is 6.92 Å². The molecule has 0 bridgehead atoms. The quantitative estimate of drug-likeness (QED) is 0.943. The number of nitrogens with one attached hydrogen (secondary N) is 1. The molecule has 2 heterocycles. The Hall–Kier alpha value is -1.24. The first-order chi connectivity index (χ1) is 8.81. The number of hydrogen-bond donors (Lipinski definition) is 1. The number of sulfonamides is 1. The van der Waals surface area contributed by atoms with Crippen molar-refractivity contribution in [3.63, 3.8) is 0 Å². The maximum Gasteiger partial charge on any atom is 0.250 e. The zero-order chi connectivity index (χ0) is 14.1. The van der Waals surface area contributed by atoms with Crippen LogP contribution in [0.5, 0.6) is 0 Å². The van der Waals surface area contributed by atoms with Gasteiger partial charge in [0.25, 0.3) is 10.0 Å². The van der Waals surface area contributed by atoms with Gasteiger partial charge in [-0.05, 0) is 50.6 Å². The van der Waals surface area contributed by atoms with E-state index < -0.39 is 15.6 Å². The summed E-state index contributed by atoms with van der Waals surface area (Å²) in [5, 5.41) is 0. The molecule has 0 aliphatic rings. The summed E-state index contributed by atoms with van der Waals surface area (Å²) in [6.07, 6.45) is 3.31. The number of thiophene rings is 1. The van der Waals surface area contributed by atoms with E-state index in [1.54, 1.807) is 24.5 Å². The molecule has 2 rings (SSSR count). The van der Waals surface area contributed by atoms with Crippen molar-refractivity contribution in [2.24, 2.45) is 0 Å². The van der Waals surface area contributed by atoms with Gasteiger partial charge in [-0.3, -0.25) is 4.98 Å². The van der Waals surface area contributed by atoms with Crippen LogP contribution in [0.2, 0.25) is 0 Å². The number of aromatic nitrogens is 1. The number of rotatable bonds is 4. The Morgan fingerprint density at radius 2 is 1.79 bits per heavy atom. The molecule has 102 valence electrons. The van der Waals surface area contributed by atoms with Crippen LogP contribution in [-0.2, 0) is 15.6 Å². The van der Waals surface area contributed by atoms with Crippen molar-refractivity contribution in [2.75, 3.05) is 0 Å². The molecule has 4 nitrogen and oxygen atoms in total. The number of nitrogens with zero attached hydrogens (tertiary/aromatic N) is 1. The summed E-state index contributed by atoms with van der Waals surface area (Å²) >= 11 is 1.27.